The molecular weight excluding hydrogens is 196 g/mol. The highest BCUT2D eigenvalue weighted by atomic mass is 16.4. The molecule has 4 heteroatoms. The molecule has 4 nitrogen and oxygen atoms in total. The number of allylic oxidation sites excluding steroid dienone is 4. The lowest BCUT2D eigenvalue weighted by Crippen LogP contribution is -2.22. The molecule has 0 aliphatic heterocycles. The zero-order chi connectivity index (χ0) is 11.0. The van der Waals surface area contributed by atoms with Crippen molar-refractivity contribution in [1.29, 1.82) is 0 Å². The van der Waals surface area contributed by atoms with Gasteiger partial charge in [0.1, 0.15) is 11.5 Å². The van der Waals surface area contributed by atoms with E-state index in [1.165, 1.54) is 24.3 Å². The molecule has 0 bridgehead atoms. The molecule has 2 atom stereocenters. The molecule has 2 aliphatic rings. The fourth-order valence-corrected chi connectivity index (χ4v) is 1.77. The summed E-state index contributed by atoms with van der Waals surface area (Å²) in [6, 6.07) is 0. The quantitative estimate of drug-likeness (QED) is 0.610. The summed E-state index contributed by atoms with van der Waals surface area (Å²) in [5.41, 5.74) is 0.130. The molecule has 2 rings (SSSR count). The number of carbonyl (C=O) groups is 1. The molecule has 0 saturated heterocycles. The van der Waals surface area contributed by atoms with Crippen LogP contribution in [0.1, 0.15) is 0 Å². The predicted molar refractivity (Wildman–Crippen MR) is 53.3 cm³/mol. The first-order chi connectivity index (χ1) is 7.09. The van der Waals surface area contributed by atoms with Gasteiger partial charge in [0.05, 0.1) is 5.57 Å². The van der Waals surface area contributed by atoms with Gasteiger partial charge in [-0.05, 0) is 12.2 Å². The summed E-state index contributed by atoms with van der Waals surface area (Å²) < 4.78 is 0. The molecule has 0 amide bonds. The zero-order valence-corrected chi connectivity index (χ0v) is 7.79. The molecular formula is C11H10O4. The average Bonchev–Trinajstić information content (AvgIpc) is 2.23. The topological polar surface area (TPSA) is 77.8 Å². The van der Waals surface area contributed by atoms with Crippen LogP contribution in [-0.2, 0) is 4.79 Å². The number of carboxylic acid groups (broad SMARTS) is 1. The van der Waals surface area contributed by atoms with E-state index in [1.54, 1.807) is 6.08 Å². The third-order valence-electron chi connectivity index (χ3n) is 2.58. The Kier molecular flexibility index (Phi) is 2.11. The van der Waals surface area contributed by atoms with Gasteiger partial charge < -0.3 is 15.3 Å². The Balaban J connectivity index is 2.38. The van der Waals surface area contributed by atoms with Gasteiger partial charge in [-0.25, -0.2) is 4.79 Å². The minimum atomic E-state index is -1.04. The van der Waals surface area contributed by atoms with Crippen molar-refractivity contribution in [3.05, 3.63) is 47.5 Å². The maximum absolute atomic E-state index is 10.7. The van der Waals surface area contributed by atoms with Crippen LogP contribution in [0.3, 0.4) is 0 Å². The molecule has 2 unspecified atom stereocenters. The van der Waals surface area contributed by atoms with E-state index in [-0.39, 0.29) is 23.0 Å². The van der Waals surface area contributed by atoms with Crippen LogP contribution in [0.25, 0.3) is 0 Å². The first kappa shape index (κ1) is 9.58. The van der Waals surface area contributed by atoms with E-state index < -0.39 is 11.9 Å². The van der Waals surface area contributed by atoms with Gasteiger partial charge in [-0.2, -0.15) is 0 Å². The maximum Gasteiger partial charge on any atom is 0.335 e. The highest BCUT2D eigenvalue weighted by molar-refractivity contribution is 5.90. The van der Waals surface area contributed by atoms with Crippen LogP contribution in [-0.4, -0.2) is 21.3 Å². The number of hydrogen-bond donors (Lipinski definition) is 3. The molecule has 78 valence electrons. The fraction of sp³-hybridized carbons (Fsp3) is 0.182. The Bertz CT molecular complexity index is 426. The first-order valence-electron chi connectivity index (χ1n) is 4.52. The monoisotopic (exact) mass is 206 g/mol. The smallest absolute Gasteiger partial charge is 0.335 e. The Morgan fingerprint density at radius 3 is 2.33 bits per heavy atom. The summed E-state index contributed by atoms with van der Waals surface area (Å²) >= 11 is 0. The minimum absolute atomic E-state index is 0.0703. The lowest BCUT2D eigenvalue weighted by Gasteiger charge is -2.26. The summed E-state index contributed by atoms with van der Waals surface area (Å²) in [6.07, 6.45) is 7.27. The van der Waals surface area contributed by atoms with Gasteiger partial charge >= 0.3 is 5.97 Å². The van der Waals surface area contributed by atoms with Gasteiger partial charge in [-0.3, -0.25) is 0 Å². The van der Waals surface area contributed by atoms with E-state index in [0.29, 0.717) is 0 Å². The number of aliphatic hydroxyl groups is 2. The predicted octanol–water partition coefficient (Wildman–Crippen LogP) is 1.70. The molecule has 15 heavy (non-hydrogen) atoms. The Hall–Kier alpha value is -1.97. The molecule has 0 aromatic carbocycles. The minimum Gasteiger partial charge on any atom is -0.512 e. The van der Waals surface area contributed by atoms with Crippen molar-refractivity contribution >= 4 is 5.97 Å². The van der Waals surface area contributed by atoms with Crippen LogP contribution in [0.2, 0.25) is 0 Å². The molecule has 0 heterocycles. The summed E-state index contributed by atoms with van der Waals surface area (Å²) in [5.74, 6) is -1.65. The largest absolute Gasteiger partial charge is 0.512 e. The summed E-state index contributed by atoms with van der Waals surface area (Å²) in [5, 5.41) is 27.9. The number of rotatable bonds is 1. The maximum atomic E-state index is 10.7. The number of aliphatic carboxylic acids is 1. The number of hydrogen-bond acceptors (Lipinski definition) is 3. The molecule has 0 fully saturated rings. The van der Waals surface area contributed by atoms with Crippen molar-refractivity contribution in [2.45, 2.75) is 0 Å². The summed E-state index contributed by atoms with van der Waals surface area (Å²) in [6.45, 7) is 0. The molecule has 0 aromatic heterocycles. The SMILES string of the molecule is O=C(O)C1=CC2C(O)=CC=C(O)C2C=C1. The van der Waals surface area contributed by atoms with Crippen LogP contribution in [0, 0.1) is 11.8 Å². The van der Waals surface area contributed by atoms with E-state index in [1.807, 2.05) is 0 Å². The van der Waals surface area contributed by atoms with Gasteiger partial charge in [0, 0.05) is 11.8 Å². The van der Waals surface area contributed by atoms with E-state index in [2.05, 4.69) is 0 Å². The normalized spacial score (nSPS) is 28.7. The van der Waals surface area contributed by atoms with Crippen LogP contribution in [0.4, 0.5) is 0 Å². The summed E-state index contributed by atoms with van der Waals surface area (Å²) in [7, 11) is 0. The first-order valence-corrected chi connectivity index (χ1v) is 4.52. The van der Waals surface area contributed by atoms with Crippen LogP contribution < -0.4 is 0 Å². The van der Waals surface area contributed by atoms with Gasteiger partial charge in [0.15, 0.2) is 0 Å². The third kappa shape index (κ3) is 1.54. The fourth-order valence-electron chi connectivity index (χ4n) is 1.77. The van der Waals surface area contributed by atoms with Crippen molar-refractivity contribution in [2.24, 2.45) is 11.8 Å². The van der Waals surface area contributed by atoms with Crippen molar-refractivity contribution in [1.82, 2.24) is 0 Å². The second-order valence-corrected chi connectivity index (χ2v) is 3.52. The molecule has 3 N–H and O–H groups in total. The van der Waals surface area contributed by atoms with E-state index >= 15 is 0 Å². The molecule has 0 spiro atoms. The van der Waals surface area contributed by atoms with E-state index in [9.17, 15) is 15.0 Å². The lowest BCUT2D eigenvalue weighted by atomic mass is 9.80. The van der Waals surface area contributed by atoms with Crippen molar-refractivity contribution in [3.8, 4) is 0 Å². The Morgan fingerprint density at radius 2 is 1.73 bits per heavy atom. The van der Waals surface area contributed by atoms with Gasteiger partial charge in [0.25, 0.3) is 0 Å². The van der Waals surface area contributed by atoms with Crippen molar-refractivity contribution < 1.29 is 20.1 Å². The summed E-state index contributed by atoms with van der Waals surface area (Å²) in [4.78, 5) is 10.7. The second kappa shape index (κ2) is 3.31. The standard InChI is InChI=1S/C11H10O4/c12-9-3-4-10(13)8-5-6(11(14)15)1-2-7(8)9/h1-5,7-8,12-13H,(H,14,15). The highest BCUT2D eigenvalue weighted by Gasteiger charge is 2.30. The number of carboxylic acids is 1. The lowest BCUT2D eigenvalue weighted by molar-refractivity contribution is -0.132. The van der Waals surface area contributed by atoms with Crippen LogP contribution >= 0.6 is 0 Å². The highest BCUT2D eigenvalue weighted by Crippen LogP contribution is 2.35. The molecule has 0 radical (unpaired) electrons. The molecule has 0 saturated carbocycles. The van der Waals surface area contributed by atoms with E-state index in [0.717, 1.165) is 0 Å². The van der Waals surface area contributed by atoms with E-state index in [4.69, 9.17) is 5.11 Å². The molecule has 0 aromatic rings. The van der Waals surface area contributed by atoms with Gasteiger partial charge in [0.2, 0.25) is 0 Å². The van der Waals surface area contributed by atoms with Gasteiger partial charge in [-0.15, -0.1) is 0 Å². The number of fused-ring (bicyclic) bond motifs is 1. The Labute approximate surface area is 86.2 Å². The van der Waals surface area contributed by atoms with Crippen molar-refractivity contribution in [2.75, 3.05) is 0 Å². The molecule has 2 aliphatic carbocycles. The van der Waals surface area contributed by atoms with Crippen LogP contribution in [0.15, 0.2) is 47.5 Å². The van der Waals surface area contributed by atoms with Crippen LogP contribution in [0.5, 0.6) is 0 Å². The third-order valence-corrected chi connectivity index (χ3v) is 2.58. The second-order valence-electron chi connectivity index (χ2n) is 3.52. The van der Waals surface area contributed by atoms with Gasteiger partial charge in [-0.1, -0.05) is 18.2 Å². The number of aliphatic hydroxyl groups excluding tert-OH is 2. The zero-order valence-electron chi connectivity index (χ0n) is 7.79. The average molecular weight is 206 g/mol. The Morgan fingerprint density at radius 1 is 1.13 bits per heavy atom. The van der Waals surface area contributed by atoms with Crippen molar-refractivity contribution in [3.63, 3.8) is 0 Å².